The lowest BCUT2D eigenvalue weighted by Gasteiger charge is -2.58. The lowest BCUT2D eigenvalue weighted by Crippen LogP contribution is -2.57. The Morgan fingerprint density at radius 3 is 2.64 bits per heavy atom. The first-order valence-corrected chi connectivity index (χ1v) is 9.10. The van der Waals surface area contributed by atoms with Crippen molar-refractivity contribution in [2.75, 3.05) is 0 Å². The Morgan fingerprint density at radius 1 is 1.09 bits per heavy atom. The van der Waals surface area contributed by atoms with E-state index in [-0.39, 0.29) is 22.9 Å². The zero-order valence-corrected chi connectivity index (χ0v) is 13.8. The van der Waals surface area contributed by atoms with Gasteiger partial charge in [-0.15, -0.1) is 0 Å². The van der Waals surface area contributed by atoms with Crippen LogP contribution in [-0.4, -0.2) is 22.8 Å². The van der Waals surface area contributed by atoms with Gasteiger partial charge in [0.2, 0.25) is 0 Å². The molecule has 4 fully saturated rings. The highest BCUT2D eigenvalue weighted by molar-refractivity contribution is 5.95. The van der Waals surface area contributed by atoms with Gasteiger partial charge in [-0.2, -0.15) is 0 Å². The van der Waals surface area contributed by atoms with Crippen molar-refractivity contribution in [1.82, 2.24) is 0 Å². The molecule has 0 aromatic rings. The number of hydrogen-bond acceptors (Lipinski definition) is 3. The summed E-state index contributed by atoms with van der Waals surface area (Å²) in [6.45, 7) is 4.36. The van der Waals surface area contributed by atoms with Gasteiger partial charge in [-0.1, -0.05) is 13.8 Å². The van der Waals surface area contributed by atoms with Gasteiger partial charge < -0.3 is 5.11 Å². The zero-order chi connectivity index (χ0) is 15.7. The fraction of sp³-hybridized carbons (Fsp3) is 0.895. The Hall–Kier alpha value is -0.700. The summed E-state index contributed by atoms with van der Waals surface area (Å²) in [5.41, 5.74) is -0.304. The molecule has 3 nitrogen and oxygen atoms in total. The van der Waals surface area contributed by atoms with Gasteiger partial charge >= 0.3 is 0 Å². The van der Waals surface area contributed by atoms with Crippen molar-refractivity contribution in [3.05, 3.63) is 0 Å². The maximum Gasteiger partial charge on any atom is 0.139 e. The smallest absolute Gasteiger partial charge is 0.139 e. The van der Waals surface area contributed by atoms with E-state index in [1.165, 1.54) is 0 Å². The Bertz CT molecular complexity index is 527. The molecule has 0 aromatic carbocycles. The predicted molar refractivity (Wildman–Crippen MR) is 83.1 cm³/mol. The Labute approximate surface area is 132 Å². The minimum atomic E-state index is -0.365. The summed E-state index contributed by atoms with van der Waals surface area (Å²) in [5, 5.41) is 10.0. The van der Waals surface area contributed by atoms with Gasteiger partial charge in [0.05, 0.1) is 6.10 Å². The second kappa shape index (κ2) is 4.66. The molecular weight excluding hydrogens is 276 g/mol. The molecule has 4 aliphatic carbocycles. The Kier molecular flexibility index (Phi) is 3.15. The van der Waals surface area contributed by atoms with Crippen molar-refractivity contribution < 1.29 is 14.7 Å². The SMILES string of the molecule is CC12CC(=O)C3C(CC[C@@H]4C[C@H](O)CCC34C)C1CCC2=O. The summed E-state index contributed by atoms with van der Waals surface area (Å²) in [6.07, 6.45) is 6.86. The maximum atomic E-state index is 13.0. The lowest BCUT2D eigenvalue weighted by atomic mass is 9.45. The van der Waals surface area contributed by atoms with Crippen LogP contribution in [0.2, 0.25) is 0 Å². The Morgan fingerprint density at radius 2 is 1.86 bits per heavy atom. The number of hydrogen-bond donors (Lipinski definition) is 1. The molecule has 5 unspecified atom stereocenters. The van der Waals surface area contributed by atoms with Gasteiger partial charge in [0.15, 0.2) is 0 Å². The van der Waals surface area contributed by atoms with Crippen molar-refractivity contribution in [2.45, 2.75) is 71.3 Å². The molecule has 0 saturated heterocycles. The van der Waals surface area contributed by atoms with Crippen LogP contribution in [0, 0.1) is 34.5 Å². The predicted octanol–water partition coefficient (Wildman–Crippen LogP) is 3.14. The first-order valence-electron chi connectivity index (χ1n) is 9.10. The van der Waals surface area contributed by atoms with Gasteiger partial charge in [-0.25, -0.2) is 0 Å². The van der Waals surface area contributed by atoms with Crippen LogP contribution in [0.5, 0.6) is 0 Å². The number of rotatable bonds is 0. The molecule has 4 rings (SSSR count). The summed E-state index contributed by atoms with van der Waals surface area (Å²) >= 11 is 0. The average Bonchev–Trinajstić information content (AvgIpc) is 2.75. The van der Waals surface area contributed by atoms with Crippen LogP contribution < -0.4 is 0 Å². The van der Waals surface area contributed by atoms with Gasteiger partial charge in [0, 0.05) is 24.2 Å². The number of aliphatic hydroxyl groups is 1. The van der Waals surface area contributed by atoms with E-state index in [1.807, 2.05) is 0 Å². The number of carbonyl (C=O) groups is 2. The topological polar surface area (TPSA) is 54.4 Å². The first-order chi connectivity index (χ1) is 10.4. The summed E-state index contributed by atoms with van der Waals surface area (Å²) in [7, 11) is 0. The molecule has 0 aromatic heterocycles. The van der Waals surface area contributed by atoms with Crippen molar-refractivity contribution in [3.63, 3.8) is 0 Å². The molecule has 7 atom stereocenters. The minimum absolute atomic E-state index is 0.0617. The molecule has 122 valence electrons. The molecule has 22 heavy (non-hydrogen) atoms. The highest BCUT2D eigenvalue weighted by atomic mass is 16.3. The largest absolute Gasteiger partial charge is 0.393 e. The number of ketones is 2. The first kappa shape index (κ1) is 14.9. The number of carbonyl (C=O) groups excluding carboxylic acids is 2. The molecule has 0 heterocycles. The molecule has 1 N–H and O–H groups in total. The summed E-state index contributed by atoms with van der Waals surface area (Å²) in [5.74, 6) is 2.14. The van der Waals surface area contributed by atoms with E-state index in [2.05, 4.69) is 13.8 Å². The lowest BCUT2D eigenvalue weighted by molar-refractivity contribution is -0.162. The third-order valence-electron chi connectivity index (χ3n) is 8.04. The molecule has 4 aliphatic rings. The van der Waals surface area contributed by atoms with Crippen molar-refractivity contribution >= 4 is 11.6 Å². The number of Topliss-reactive ketones (excluding diaryl/α,β-unsaturated/α-hetero) is 2. The van der Waals surface area contributed by atoms with E-state index in [9.17, 15) is 14.7 Å². The quantitative estimate of drug-likeness (QED) is 0.748. The van der Waals surface area contributed by atoms with Crippen LogP contribution in [-0.2, 0) is 9.59 Å². The van der Waals surface area contributed by atoms with Gasteiger partial charge in [0.1, 0.15) is 11.6 Å². The van der Waals surface area contributed by atoms with Crippen molar-refractivity contribution in [2.24, 2.45) is 34.5 Å². The van der Waals surface area contributed by atoms with Crippen LogP contribution in [0.1, 0.15) is 65.2 Å². The van der Waals surface area contributed by atoms with Crippen LogP contribution in [0.15, 0.2) is 0 Å². The summed E-state index contributed by atoms with van der Waals surface area (Å²) in [6, 6.07) is 0. The normalized spacial score (nSPS) is 54.6. The monoisotopic (exact) mass is 304 g/mol. The molecule has 3 heteroatoms. The average molecular weight is 304 g/mol. The van der Waals surface area contributed by atoms with E-state index in [0.717, 1.165) is 38.5 Å². The van der Waals surface area contributed by atoms with E-state index in [0.29, 0.717) is 42.2 Å². The third-order valence-corrected chi connectivity index (χ3v) is 8.04. The van der Waals surface area contributed by atoms with Gasteiger partial charge in [-0.05, 0) is 61.7 Å². The Balaban J connectivity index is 1.71. The molecular formula is C19H28O3. The molecule has 0 aliphatic heterocycles. The fourth-order valence-electron chi connectivity index (χ4n) is 6.83. The minimum Gasteiger partial charge on any atom is -0.393 e. The molecule has 0 radical (unpaired) electrons. The number of fused-ring (bicyclic) bond motifs is 5. The second-order valence-electron chi connectivity index (χ2n) is 8.98. The van der Waals surface area contributed by atoms with E-state index in [1.54, 1.807) is 0 Å². The molecule has 0 spiro atoms. The van der Waals surface area contributed by atoms with Crippen LogP contribution in [0.3, 0.4) is 0 Å². The molecule has 0 amide bonds. The van der Waals surface area contributed by atoms with E-state index < -0.39 is 0 Å². The molecule has 0 bridgehead atoms. The van der Waals surface area contributed by atoms with Crippen LogP contribution in [0.4, 0.5) is 0 Å². The van der Waals surface area contributed by atoms with Crippen LogP contribution in [0.25, 0.3) is 0 Å². The number of aliphatic hydroxyl groups excluding tert-OH is 1. The van der Waals surface area contributed by atoms with E-state index >= 15 is 0 Å². The molecule has 4 saturated carbocycles. The second-order valence-corrected chi connectivity index (χ2v) is 8.98. The van der Waals surface area contributed by atoms with E-state index in [4.69, 9.17) is 0 Å². The highest BCUT2D eigenvalue weighted by Crippen LogP contribution is 2.64. The zero-order valence-electron chi connectivity index (χ0n) is 13.8. The maximum absolute atomic E-state index is 13.0. The highest BCUT2D eigenvalue weighted by Gasteiger charge is 2.63. The van der Waals surface area contributed by atoms with Gasteiger partial charge in [0.25, 0.3) is 0 Å². The standard InChI is InChI=1S/C19H28O3/c1-18-8-7-12(20)9-11(18)3-4-13-14-5-6-16(22)19(14,2)10-15(21)17(13)18/h11-14,17,20H,3-10H2,1-2H3/t11-,12-,13?,14?,17?,18?,19?/m1/s1. The third kappa shape index (κ3) is 1.78. The van der Waals surface area contributed by atoms with Crippen molar-refractivity contribution in [1.29, 1.82) is 0 Å². The van der Waals surface area contributed by atoms with Crippen LogP contribution >= 0.6 is 0 Å². The summed E-state index contributed by atoms with van der Waals surface area (Å²) < 4.78 is 0. The van der Waals surface area contributed by atoms with Gasteiger partial charge in [-0.3, -0.25) is 9.59 Å². The van der Waals surface area contributed by atoms with Crippen molar-refractivity contribution in [3.8, 4) is 0 Å². The fourth-order valence-corrected chi connectivity index (χ4v) is 6.83. The summed E-state index contributed by atoms with van der Waals surface area (Å²) in [4.78, 5) is 25.4.